The highest BCUT2D eigenvalue weighted by Crippen LogP contribution is 2.25. The number of anilines is 4. The van der Waals surface area contributed by atoms with Gasteiger partial charge in [-0.1, -0.05) is 18.2 Å². The molecule has 0 bridgehead atoms. The molecule has 0 radical (unpaired) electrons. The summed E-state index contributed by atoms with van der Waals surface area (Å²) in [7, 11) is 0. The number of aryl methyl sites for hydroxylation is 1. The summed E-state index contributed by atoms with van der Waals surface area (Å²) in [6.45, 7) is 5.54. The lowest BCUT2D eigenvalue weighted by molar-refractivity contribution is 1.05. The lowest BCUT2D eigenvalue weighted by Gasteiger charge is -2.12. The molecule has 0 saturated heterocycles. The van der Waals surface area contributed by atoms with Gasteiger partial charge in [-0.3, -0.25) is 0 Å². The third-order valence-corrected chi connectivity index (χ3v) is 4.17. The number of aromatic nitrogens is 3. The van der Waals surface area contributed by atoms with E-state index < -0.39 is 0 Å². The average Bonchev–Trinajstić information content (AvgIpc) is 2.62. The van der Waals surface area contributed by atoms with Crippen molar-refractivity contribution in [2.75, 3.05) is 35.2 Å². The molecule has 0 aliphatic rings. The van der Waals surface area contributed by atoms with Crippen LogP contribution in [0.1, 0.15) is 11.1 Å². The standard InChI is InChI=1S/C19H23N7/c1-12-4-3-5-15(13(12)2)16-10-18(26-19(21)25-16)23-9-8-22-14-6-7-17(20)24-11-14/h3-7,10-11,22H,8-9H2,1-2H3,(H2,20,24)(H3,21,23,25,26). The summed E-state index contributed by atoms with van der Waals surface area (Å²) in [5.41, 5.74) is 16.7. The Morgan fingerprint density at radius 1 is 0.962 bits per heavy atom. The second-order valence-electron chi connectivity index (χ2n) is 6.07. The normalized spacial score (nSPS) is 10.5. The molecule has 134 valence electrons. The van der Waals surface area contributed by atoms with Gasteiger partial charge in [-0.2, -0.15) is 4.98 Å². The van der Waals surface area contributed by atoms with Crippen LogP contribution in [-0.2, 0) is 0 Å². The van der Waals surface area contributed by atoms with E-state index in [1.54, 1.807) is 12.3 Å². The van der Waals surface area contributed by atoms with E-state index in [0.717, 1.165) is 16.9 Å². The number of rotatable bonds is 6. The molecule has 1 aromatic carbocycles. The van der Waals surface area contributed by atoms with Crippen molar-refractivity contribution in [2.24, 2.45) is 0 Å². The Kier molecular flexibility index (Phi) is 5.17. The first-order valence-electron chi connectivity index (χ1n) is 8.43. The average molecular weight is 349 g/mol. The smallest absolute Gasteiger partial charge is 0.222 e. The predicted octanol–water partition coefficient (Wildman–Crippen LogP) is 2.84. The molecule has 0 unspecified atom stereocenters. The van der Waals surface area contributed by atoms with Gasteiger partial charge >= 0.3 is 0 Å². The third-order valence-electron chi connectivity index (χ3n) is 4.17. The maximum Gasteiger partial charge on any atom is 0.222 e. The topological polar surface area (TPSA) is 115 Å². The number of nitrogen functional groups attached to an aromatic ring is 2. The molecule has 0 amide bonds. The van der Waals surface area contributed by atoms with Crippen molar-refractivity contribution in [2.45, 2.75) is 13.8 Å². The highest BCUT2D eigenvalue weighted by Gasteiger charge is 2.08. The summed E-state index contributed by atoms with van der Waals surface area (Å²) in [6, 6.07) is 11.7. The maximum absolute atomic E-state index is 5.90. The van der Waals surface area contributed by atoms with E-state index in [4.69, 9.17) is 11.5 Å². The van der Waals surface area contributed by atoms with Crippen LogP contribution in [0, 0.1) is 13.8 Å². The van der Waals surface area contributed by atoms with Crippen molar-refractivity contribution in [3.05, 3.63) is 53.7 Å². The first-order chi connectivity index (χ1) is 12.5. The predicted molar refractivity (Wildman–Crippen MR) is 107 cm³/mol. The second-order valence-corrected chi connectivity index (χ2v) is 6.07. The molecule has 2 heterocycles. The Labute approximate surface area is 152 Å². The largest absolute Gasteiger partial charge is 0.384 e. The second kappa shape index (κ2) is 7.69. The first kappa shape index (κ1) is 17.5. The third kappa shape index (κ3) is 4.18. The molecule has 2 aromatic heterocycles. The molecule has 0 spiro atoms. The molecule has 26 heavy (non-hydrogen) atoms. The molecule has 0 saturated carbocycles. The van der Waals surface area contributed by atoms with Crippen LogP contribution in [0.25, 0.3) is 11.3 Å². The summed E-state index contributed by atoms with van der Waals surface area (Å²) >= 11 is 0. The molecule has 7 heteroatoms. The van der Waals surface area contributed by atoms with Crippen LogP contribution in [-0.4, -0.2) is 28.0 Å². The molecule has 3 aromatic rings. The summed E-state index contributed by atoms with van der Waals surface area (Å²) in [6.07, 6.45) is 1.70. The molecule has 6 N–H and O–H groups in total. The zero-order chi connectivity index (χ0) is 18.5. The minimum Gasteiger partial charge on any atom is -0.384 e. The molecular formula is C19H23N7. The number of nitrogens with two attached hydrogens (primary N) is 2. The Balaban J connectivity index is 1.66. The van der Waals surface area contributed by atoms with Crippen LogP contribution in [0.5, 0.6) is 0 Å². The molecule has 0 aliphatic heterocycles. The van der Waals surface area contributed by atoms with Crippen molar-refractivity contribution in [1.29, 1.82) is 0 Å². The minimum absolute atomic E-state index is 0.251. The molecule has 0 aliphatic carbocycles. The Morgan fingerprint density at radius 3 is 2.54 bits per heavy atom. The van der Waals surface area contributed by atoms with E-state index in [2.05, 4.69) is 45.5 Å². The van der Waals surface area contributed by atoms with Crippen LogP contribution < -0.4 is 22.1 Å². The Bertz CT molecular complexity index is 891. The summed E-state index contributed by atoms with van der Waals surface area (Å²) in [4.78, 5) is 12.7. The van der Waals surface area contributed by atoms with Gasteiger partial charge in [-0.05, 0) is 37.1 Å². The fourth-order valence-electron chi connectivity index (χ4n) is 2.63. The van der Waals surface area contributed by atoms with Crippen molar-refractivity contribution in [3.63, 3.8) is 0 Å². The number of hydrogen-bond donors (Lipinski definition) is 4. The highest BCUT2D eigenvalue weighted by molar-refractivity contribution is 5.68. The monoisotopic (exact) mass is 349 g/mol. The zero-order valence-corrected chi connectivity index (χ0v) is 15.0. The van der Waals surface area contributed by atoms with Crippen LogP contribution in [0.4, 0.5) is 23.3 Å². The first-order valence-corrected chi connectivity index (χ1v) is 8.43. The number of nitrogens with one attached hydrogen (secondary N) is 2. The summed E-state index contributed by atoms with van der Waals surface area (Å²) in [5.74, 6) is 1.45. The molecule has 0 fully saturated rings. The van der Waals surface area contributed by atoms with Crippen molar-refractivity contribution < 1.29 is 0 Å². The number of hydrogen-bond acceptors (Lipinski definition) is 7. The van der Waals surface area contributed by atoms with Gasteiger partial charge in [0.05, 0.1) is 17.6 Å². The Morgan fingerprint density at radius 2 is 1.77 bits per heavy atom. The maximum atomic E-state index is 5.90. The van der Waals surface area contributed by atoms with E-state index in [1.807, 2.05) is 24.3 Å². The lowest BCUT2D eigenvalue weighted by Crippen LogP contribution is -2.15. The van der Waals surface area contributed by atoms with E-state index in [1.165, 1.54) is 11.1 Å². The number of nitrogens with zero attached hydrogens (tertiary/aromatic N) is 3. The molecule has 7 nitrogen and oxygen atoms in total. The number of pyridine rings is 1. The molecule has 3 rings (SSSR count). The van der Waals surface area contributed by atoms with Crippen LogP contribution in [0.2, 0.25) is 0 Å². The van der Waals surface area contributed by atoms with Gasteiger partial charge < -0.3 is 22.1 Å². The van der Waals surface area contributed by atoms with Crippen LogP contribution in [0.3, 0.4) is 0 Å². The summed E-state index contributed by atoms with van der Waals surface area (Å²) in [5, 5.41) is 6.54. The van der Waals surface area contributed by atoms with Gasteiger partial charge in [-0.25, -0.2) is 9.97 Å². The van der Waals surface area contributed by atoms with Crippen LogP contribution >= 0.6 is 0 Å². The highest BCUT2D eigenvalue weighted by atomic mass is 15.1. The van der Waals surface area contributed by atoms with Gasteiger partial charge in [0, 0.05) is 24.7 Å². The SMILES string of the molecule is Cc1cccc(-c2cc(NCCNc3ccc(N)nc3)nc(N)n2)c1C. The fourth-order valence-corrected chi connectivity index (χ4v) is 2.63. The quantitative estimate of drug-likeness (QED) is 0.506. The van der Waals surface area contributed by atoms with Gasteiger partial charge in [-0.15, -0.1) is 0 Å². The summed E-state index contributed by atoms with van der Waals surface area (Å²) < 4.78 is 0. The Hall–Kier alpha value is -3.35. The number of benzene rings is 1. The molecule has 0 atom stereocenters. The van der Waals surface area contributed by atoms with Gasteiger partial charge in [0.25, 0.3) is 0 Å². The van der Waals surface area contributed by atoms with Gasteiger partial charge in [0.2, 0.25) is 5.95 Å². The van der Waals surface area contributed by atoms with Crippen LogP contribution in [0.15, 0.2) is 42.6 Å². The molecular weight excluding hydrogens is 326 g/mol. The van der Waals surface area contributed by atoms with Crippen molar-refractivity contribution >= 4 is 23.3 Å². The fraction of sp³-hybridized carbons (Fsp3) is 0.211. The van der Waals surface area contributed by atoms with Crippen molar-refractivity contribution in [3.8, 4) is 11.3 Å². The van der Waals surface area contributed by atoms with Gasteiger partial charge in [0.1, 0.15) is 11.6 Å². The van der Waals surface area contributed by atoms with Gasteiger partial charge in [0.15, 0.2) is 0 Å². The van der Waals surface area contributed by atoms with E-state index >= 15 is 0 Å². The van der Waals surface area contributed by atoms with E-state index in [-0.39, 0.29) is 5.95 Å². The lowest BCUT2D eigenvalue weighted by atomic mass is 10.0. The minimum atomic E-state index is 0.251. The van der Waals surface area contributed by atoms with Crippen molar-refractivity contribution in [1.82, 2.24) is 15.0 Å². The zero-order valence-electron chi connectivity index (χ0n) is 15.0. The van der Waals surface area contributed by atoms with E-state index in [0.29, 0.717) is 24.7 Å². The van der Waals surface area contributed by atoms with E-state index in [9.17, 15) is 0 Å².